The van der Waals surface area contributed by atoms with Crippen molar-refractivity contribution in [3.05, 3.63) is 45.5 Å². The van der Waals surface area contributed by atoms with Crippen LogP contribution in [-0.2, 0) is 10.0 Å². The SMILES string of the molecule is CN(C)c1ncccc1NS(=O)(=O)c1cc(Br)ccc1Br. The zero-order chi connectivity index (χ0) is 15.6. The molecule has 2 aromatic rings. The zero-order valence-electron chi connectivity index (χ0n) is 11.3. The number of hydrogen-bond donors (Lipinski definition) is 1. The van der Waals surface area contributed by atoms with Crippen LogP contribution < -0.4 is 9.62 Å². The molecular formula is C13H13Br2N3O2S. The molecule has 1 N–H and O–H groups in total. The van der Waals surface area contributed by atoms with Gasteiger partial charge in [0.2, 0.25) is 0 Å². The van der Waals surface area contributed by atoms with Crippen molar-refractivity contribution in [3.63, 3.8) is 0 Å². The molecule has 8 heteroatoms. The summed E-state index contributed by atoms with van der Waals surface area (Å²) in [5.74, 6) is 0.548. The van der Waals surface area contributed by atoms with Crippen LogP contribution in [0.1, 0.15) is 0 Å². The maximum absolute atomic E-state index is 12.5. The van der Waals surface area contributed by atoms with Gasteiger partial charge in [-0.2, -0.15) is 0 Å². The lowest BCUT2D eigenvalue weighted by atomic mass is 10.4. The Morgan fingerprint density at radius 2 is 1.90 bits per heavy atom. The van der Waals surface area contributed by atoms with Crippen molar-refractivity contribution >= 4 is 53.4 Å². The molecule has 21 heavy (non-hydrogen) atoms. The first kappa shape index (κ1) is 16.3. The fourth-order valence-electron chi connectivity index (χ4n) is 1.72. The summed E-state index contributed by atoms with van der Waals surface area (Å²) < 4.78 is 28.8. The van der Waals surface area contributed by atoms with Crippen LogP contribution in [-0.4, -0.2) is 27.5 Å². The summed E-state index contributed by atoms with van der Waals surface area (Å²) in [7, 11) is -0.115. The van der Waals surface area contributed by atoms with Crippen molar-refractivity contribution in [1.29, 1.82) is 0 Å². The quantitative estimate of drug-likeness (QED) is 0.800. The highest BCUT2D eigenvalue weighted by Crippen LogP contribution is 2.29. The molecule has 0 bridgehead atoms. The Balaban J connectivity index is 2.45. The molecule has 5 nitrogen and oxygen atoms in total. The van der Waals surface area contributed by atoms with Gasteiger partial charge in [0, 0.05) is 29.2 Å². The van der Waals surface area contributed by atoms with Crippen molar-refractivity contribution < 1.29 is 8.42 Å². The third-order valence-electron chi connectivity index (χ3n) is 2.64. The van der Waals surface area contributed by atoms with E-state index in [1.807, 2.05) is 0 Å². The predicted octanol–water partition coefficient (Wildman–Crippen LogP) is 3.47. The van der Waals surface area contributed by atoms with Gasteiger partial charge in [0.25, 0.3) is 10.0 Å². The molecule has 1 aromatic carbocycles. The minimum Gasteiger partial charge on any atom is -0.361 e. The Labute approximate surface area is 140 Å². The van der Waals surface area contributed by atoms with Crippen LogP contribution in [0.4, 0.5) is 11.5 Å². The summed E-state index contributed by atoms with van der Waals surface area (Å²) in [6, 6.07) is 8.33. The normalized spacial score (nSPS) is 11.2. The highest BCUT2D eigenvalue weighted by molar-refractivity contribution is 9.11. The van der Waals surface area contributed by atoms with Crippen LogP contribution >= 0.6 is 31.9 Å². The number of anilines is 2. The number of rotatable bonds is 4. The Morgan fingerprint density at radius 1 is 1.19 bits per heavy atom. The lowest BCUT2D eigenvalue weighted by Gasteiger charge is -2.17. The highest BCUT2D eigenvalue weighted by atomic mass is 79.9. The number of halogens is 2. The van der Waals surface area contributed by atoms with Crippen LogP contribution in [0.25, 0.3) is 0 Å². The second kappa shape index (κ2) is 6.33. The second-order valence-corrected chi connectivity index (χ2v) is 7.87. The molecule has 0 fully saturated rings. The number of pyridine rings is 1. The average molecular weight is 435 g/mol. The number of benzene rings is 1. The number of aromatic nitrogens is 1. The molecule has 1 heterocycles. The molecule has 0 atom stereocenters. The molecule has 0 unspecified atom stereocenters. The number of hydrogen-bond acceptors (Lipinski definition) is 4. The van der Waals surface area contributed by atoms with Crippen LogP contribution in [0.2, 0.25) is 0 Å². The van der Waals surface area contributed by atoms with Gasteiger partial charge in [0.05, 0.1) is 5.69 Å². The van der Waals surface area contributed by atoms with E-state index in [0.717, 1.165) is 0 Å². The molecular weight excluding hydrogens is 422 g/mol. The smallest absolute Gasteiger partial charge is 0.263 e. The molecule has 0 radical (unpaired) electrons. The Kier molecular flexibility index (Phi) is 4.90. The van der Waals surface area contributed by atoms with E-state index < -0.39 is 10.0 Å². The van der Waals surface area contributed by atoms with E-state index in [9.17, 15) is 8.42 Å². The van der Waals surface area contributed by atoms with Gasteiger partial charge < -0.3 is 4.90 Å². The molecule has 0 saturated carbocycles. The van der Waals surface area contributed by atoms with Gasteiger partial charge in [-0.3, -0.25) is 4.72 Å². The fourth-order valence-corrected chi connectivity index (χ4v) is 4.28. The molecule has 2 rings (SSSR count). The maximum Gasteiger partial charge on any atom is 0.263 e. The summed E-state index contributed by atoms with van der Waals surface area (Å²) >= 11 is 6.54. The summed E-state index contributed by atoms with van der Waals surface area (Å²) in [5, 5.41) is 0. The monoisotopic (exact) mass is 433 g/mol. The molecule has 0 spiro atoms. The zero-order valence-corrected chi connectivity index (χ0v) is 15.3. The van der Waals surface area contributed by atoms with Gasteiger partial charge in [0.1, 0.15) is 4.90 Å². The van der Waals surface area contributed by atoms with E-state index in [1.54, 1.807) is 49.5 Å². The van der Waals surface area contributed by atoms with E-state index >= 15 is 0 Å². The van der Waals surface area contributed by atoms with E-state index in [-0.39, 0.29) is 4.90 Å². The minimum atomic E-state index is -3.72. The van der Waals surface area contributed by atoms with Gasteiger partial charge in [-0.25, -0.2) is 13.4 Å². The number of nitrogens with one attached hydrogen (secondary N) is 1. The van der Waals surface area contributed by atoms with Gasteiger partial charge in [-0.05, 0) is 46.3 Å². The predicted molar refractivity (Wildman–Crippen MR) is 91.2 cm³/mol. The molecule has 0 saturated heterocycles. The Bertz CT molecular complexity index is 764. The fraction of sp³-hybridized carbons (Fsp3) is 0.154. The standard InChI is InChI=1S/C13H13Br2N3O2S/c1-18(2)13-11(4-3-7-16-13)17-21(19,20)12-8-9(14)5-6-10(12)15/h3-8,17H,1-2H3. The lowest BCUT2D eigenvalue weighted by Crippen LogP contribution is -2.18. The van der Waals surface area contributed by atoms with E-state index in [2.05, 4.69) is 41.6 Å². The number of sulfonamides is 1. The summed E-state index contributed by atoms with van der Waals surface area (Å²) in [4.78, 5) is 6.08. The first-order valence-electron chi connectivity index (χ1n) is 5.91. The van der Waals surface area contributed by atoms with E-state index in [1.165, 1.54) is 6.07 Å². The van der Waals surface area contributed by atoms with Crippen molar-refractivity contribution in [1.82, 2.24) is 4.98 Å². The number of nitrogens with zero attached hydrogens (tertiary/aromatic N) is 2. The average Bonchev–Trinajstić information content (AvgIpc) is 2.41. The third kappa shape index (κ3) is 3.75. The summed E-state index contributed by atoms with van der Waals surface area (Å²) in [5.41, 5.74) is 0.425. The topological polar surface area (TPSA) is 62.3 Å². The van der Waals surface area contributed by atoms with Gasteiger partial charge in [0.15, 0.2) is 5.82 Å². The second-order valence-electron chi connectivity index (χ2n) is 4.45. The van der Waals surface area contributed by atoms with Gasteiger partial charge in [-0.15, -0.1) is 0 Å². The van der Waals surface area contributed by atoms with Crippen LogP contribution in [0.15, 0.2) is 50.4 Å². The first-order chi connectivity index (χ1) is 9.81. The molecule has 0 aliphatic carbocycles. The van der Waals surface area contributed by atoms with Crippen LogP contribution in [0.5, 0.6) is 0 Å². The maximum atomic E-state index is 12.5. The van der Waals surface area contributed by atoms with Crippen molar-refractivity contribution in [2.75, 3.05) is 23.7 Å². The Hall–Kier alpha value is -1.12. The van der Waals surface area contributed by atoms with Crippen LogP contribution in [0, 0.1) is 0 Å². The van der Waals surface area contributed by atoms with E-state index in [4.69, 9.17) is 0 Å². The molecule has 112 valence electrons. The van der Waals surface area contributed by atoms with Gasteiger partial charge >= 0.3 is 0 Å². The summed E-state index contributed by atoms with van der Waals surface area (Å²) in [6.45, 7) is 0. The van der Waals surface area contributed by atoms with E-state index in [0.29, 0.717) is 20.5 Å². The molecule has 0 aliphatic heterocycles. The van der Waals surface area contributed by atoms with Crippen molar-refractivity contribution in [3.8, 4) is 0 Å². The molecule has 0 amide bonds. The first-order valence-corrected chi connectivity index (χ1v) is 8.98. The lowest BCUT2D eigenvalue weighted by molar-refractivity contribution is 0.600. The largest absolute Gasteiger partial charge is 0.361 e. The Morgan fingerprint density at radius 3 is 2.57 bits per heavy atom. The van der Waals surface area contributed by atoms with Gasteiger partial charge in [-0.1, -0.05) is 15.9 Å². The van der Waals surface area contributed by atoms with Crippen molar-refractivity contribution in [2.45, 2.75) is 4.90 Å². The molecule has 0 aliphatic rings. The molecule has 1 aromatic heterocycles. The van der Waals surface area contributed by atoms with Crippen molar-refractivity contribution in [2.24, 2.45) is 0 Å². The third-order valence-corrected chi connectivity index (χ3v) is 5.49. The summed E-state index contributed by atoms with van der Waals surface area (Å²) in [6.07, 6.45) is 1.61. The highest BCUT2D eigenvalue weighted by Gasteiger charge is 2.20. The van der Waals surface area contributed by atoms with Crippen LogP contribution in [0.3, 0.4) is 0 Å². The minimum absolute atomic E-state index is 0.158.